The maximum Gasteiger partial charge on any atom is 0.302 e. The Bertz CT molecular complexity index is 1190. The number of fused-ring (bicyclic) bond motifs is 3. The molecule has 4 saturated carbocycles. The summed E-state index contributed by atoms with van der Waals surface area (Å²) in [6.07, 6.45) is 3.28. The van der Waals surface area contributed by atoms with Crippen LogP contribution in [0.15, 0.2) is 23.0 Å². The Hall–Kier alpha value is -2.19. The van der Waals surface area contributed by atoms with Crippen LogP contribution < -0.4 is 0 Å². The van der Waals surface area contributed by atoms with Crippen LogP contribution in [-0.4, -0.2) is 52.8 Å². The molecule has 1 N–H and O–H groups in total. The van der Waals surface area contributed by atoms with Gasteiger partial charge < -0.3 is 23.7 Å². The zero-order chi connectivity index (χ0) is 27.6. The fraction of sp³-hybridized carbons (Fsp3) is 0.767. The number of aliphatic hydroxyl groups excluding tert-OH is 1. The molecule has 0 unspecified atom stereocenters. The van der Waals surface area contributed by atoms with Gasteiger partial charge in [-0.3, -0.25) is 14.4 Å². The number of hydrogen-bond donors (Lipinski definition) is 1. The van der Waals surface area contributed by atoms with E-state index in [9.17, 15) is 19.5 Å². The fourth-order valence-corrected chi connectivity index (χ4v) is 10.5. The van der Waals surface area contributed by atoms with E-state index >= 15 is 0 Å². The number of hydrogen-bond acceptors (Lipinski definition) is 8. The molecule has 4 aliphatic carbocycles. The Labute approximate surface area is 223 Å². The lowest BCUT2D eigenvalue weighted by atomic mass is 9.35. The maximum absolute atomic E-state index is 13.9. The van der Waals surface area contributed by atoms with Crippen molar-refractivity contribution < 1.29 is 38.1 Å². The number of Topliss-reactive ketones (excluding diaryl/α,β-unsaturated/α-hetero) is 1. The van der Waals surface area contributed by atoms with Gasteiger partial charge in [0.05, 0.1) is 24.5 Å². The van der Waals surface area contributed by atoms with Gasteiger partial charge in [0.15, 0.2) is 5.78 Å². The molecule has 1 spiro atoms. The highest BCUT2D eigenvalue weighted by molar-refractivity contribution is 5.98. The quantitative estimate of drug-likeness (QED) is 0.459. The summed E-state index contributed by atoms with van der Waals surface area (Å²) in [4.78, 5) is 38.8. The minimum absolute atomic E-state index is 0.0561. The van der Waals surface area contributed by atoms with Gasteiger partial charge in [0, 0.05) is 42.1 Å². The summed E-state index contributed by atoms with van der Waals surface area (Å²) in [5, 5.41) is 11.3. The number of furan rings is 1. The van der Waals surface area contributed by atoms with Crippen molar-refractivity contribution in [1.82, 2.24) is 0 Å². The van der Waals surface area contributed by atoms with Gasteiger partial charge >= 0.3 is 11.9 Å². The van der Waals surface area contributed by atoms with E-state index in [1.165, 1.54) is 13.8 Å². The van der Waals surface area contributed by atoms with Gasteiger partial charge in [-0.2, -0.15) is 0 Å². The molecule has 0 radical (unpaired) electrons. The summed E-state index contributed by atoms with van der Waals surface area (Å²) < 4.78 is 24.1. The van der Waals surface area contributed by atoms with E-state index in [0.717, 1.165) is 18.4 Å². The van der Waals surface area contributed by atoms with Crippen LogP contribution in [0, 0.1) is 33.5 Å². The largest absolute Gasteiger partial charge is 0.472 e. The lowest BCUT2D eigenvalue weighted by Crippen LogP contribution is -2.74. The first-order valence-corrected chi connectivity index (χ1v) is 13.9. The predicted octanol–water partition coefficient (Wildman–Crippen LogP) is 4.19. The SMILES string of the molecule is CC(=O)O[C@H]1C[C@@H](O)C(C)(C)[C@@H]2C[C@@H](OC(C)=O)[C@]3(C)[C@@H](CC[C@@]4(C)[C@@H](c5ccoc5)C(=O)[C@@H]5O[C@]534)[C@@]12C. The van der Waals surface area contributed by atoms with E-state index < -0.39 is 51.7 Å². The number of aliphatic hydroxyl groups is 1. The second-order valence-corrected chi connectivity index (χ2v) is 13.8. The Morgan fingerprint density at radius 2 is 1.66 bits per heavy atom. The van der Waals surface area contributed by atoms with E-state index in [1.807, 2.05) is 6.07 Å². The van der Waals surface area contributed by atoms with Crippen molar-refractivity contribution in [1.29, 1.82) is 0 Å². The molecule has 5 aliphatic rings. The Kier molecular flexibility index (Phi) is 5.29. The van der Waals surface area contributed by atoms with E-state index in [2.05, 4.69) is 34.6 Å². The first-order chi connectivity index (χ1) is 17.7. The molecule has 0 bridgehead atoms. The average Bonchev–Trinajstić information content (AvgIpc) is 3.30. The standard InChI is InChI=1S/C30H40O8/c1-15(31)36-21-13-20(33)26(3,4)19-12-22(37-16(2)32)29(7)18(28(19,21)6)8-10-27(5)23(17-9-11-35-14-17)24(34)25-30(27,29)38-25/h9,11,14,18-23,25,33H,8,10,12-13H2,1-7H3/t18-,19-,20+,21-,22+,23-,25-,27-,28+,29-,30-/m0/s1. The highest BCUT2D eigenvalue weighted by Crippen LogP contribution is 2.82. The van der Waals surface area contributed by atoms with Crippen molar-refractivity contribution >= 4 is 17.7 Å². The summed E-state index contributed by atoms with van der Waals surface area (Å²) in [5.74, 6) is -1.23. The normalized spacial score (nSPS) is 50.2. The molecule has 6 rings (SSSR count). The summed E-state index contributed by atoms with van der Waals surface area (Å²) in [6.45, 7) is 13.4. The summed E-state index contributed by atoms with van der Waals surface area (Å²) in [7, 11) is 0. The van der Waals surface area contributed by atoms with Crippen LogP contribution in [0.5, 0.6) is 0 Å². The van der Waals surface area contributed by atoms with Crippen molar-refractivity contribution in [3.63, 3.8) is 0 Å². The molecule has 1 saturated heterocycles. The van der Waals surface area contributed by atoms with Gasteiger partial charge in [0.25, 0.3) is 0 Å². The third kappa shape index (κ3) is 2.81. The molecule has 208 valence electrons. The molecular formula is C30H40O8. The smallest absolute Gasteiger partial charge is 0.302 e. The number of carbonyl (C=O) groups is 3. The maximum atomic E-state index is 13.9. The van der Waals surface area contributed by atoms with Crippen LogP contribution in [0.3, 0.4) is 0 Å². The van der Waals surface area contributed by atoms with Crippen molar-refractivity contribution in [2.24, 2.45) is 33.5 Å². The predicted molar refractivity (Wildman–Crippen MR) is 135 cm³/mol. The molecule has 2 heterocycles. The summed E-state index contributed by atoms with van der Waals surface area (Å²) in [5.41, 5.74) is -2.23. The molecule has 5 fully saturated rings. The summed E-state index contributed by atoms with van der Waals surface area (Å²) in [6, 6.07) is 1.87. The minimum Gasteiger partial charge on any atom is -0.472 e. The molecule has 0 aromatic carbocycles. The molecular weight excluding hydrogens is 488 g/mol. The van der Waals surface area contributed by atoms with Crippen LogP contribution in [0.1, 0.15) is 85.6 Å². The molecule has 38 heavy (non-hydrogen) atoms. The van der Waals surface area contributed by atoms with Crippen LogP contribution in [0.25, 0.3) is 0 Å². The van der Waals surface area contributed by atoms with Crippen LogP contribution in [0.2, 0.25) is 0 Å². The molecule has 11 atom stereocenters. The van der Waals surface area contributed by atoms with E-state index in [0.29, 0.717) is 12.8 Å². The van der Waals surface area contributed by atoms with Gasteiger partial charge in [-0.25, -0.2) is 0 Å². The van der Waals surface area contributed by atoms with Crippen LogP contribution in [-0.2, 0) is 28.6 Å². The van der Waals surface area contributed by atoms with Crippen molar-refractivity contribution in [3.05, 3.63) is 24.2 Å². The van der Waals surface area contributed by atoms with Crippen LogP contribution >= 0.6 is 0 Å². The number of esters is 2. The number of ether oxygens (including phenoxy) is 3. The summed E-state index contributed by atoms with van der Waals surface area (Å²) >= 11 is 0. The van der Waals surface area contributed by atoms with Gasteiger partial charge in [0.2, 0.25) is 0 Å². The Morgan fingerprint density at radius 3 is 2.26 bits per heavy atom. The second-order valence-electron chi connectivity index (χ2n) is 13.8. The molecule has 1 aliphatic heterocycles. The van der Waals surface area contributed by atoms with Crippen molar-refractivity contribution in [3.8, 4) is 0 Å². The zero-order valence-corrected chi connectivity index (χ0v) is 23.4. The zero-order valence-electron chi connectivity index (χ0n) is 23.4. The van der Waals surface area contributed by atoms with Gasteiger partial charge in [-0.1, -0.05) is 34.6 Å². The van der Waals surface area contributed by atoms with E-state index in [1.54, 1.807) is 12.5 Å². The van der Waals surface area contributed by atoms with Gasteiger partial charge in [0.1, 0.15) is 23.9 Å². The Morgan fingerprint density at radius 1 is 1.00 bits per heavy atom. The molecule has 1 aromatic rings. The highest BCUT2D eigenvalue weighted by Gasteiger charge is 2.90. The fourth-order valence-electron chi connectivity index (χ4n) is 10.5. The highest BCUT2D eigenvalue weighted by atomic mass is 16.6. The molecule has 8 heteroatoms. The average molecular weight is 529 g/mol. The van der Waals surface area contributed by atoms with Crippen molar-refractivity contribution in [2.45, 2.75) is 110 Å². The van der Waals surface area contributed by atoms with Gasteiger partial charge in [-0.15, -0.1) is 0 Å². The molecule has 0 amide bonds. The van der Waals surface area contributed by atoms with Gasteiger partial charge in [-0.05, 0) is 42.6 Å². The lowest BCUT2D eigenvalue weighted by Gasteiger charge is -2.70. The first-order valence-electron chi connectivity index (χ1n) is 13.9. The number of carbonyl (C=O) groups excluding carboxylic acids is 3. The third-order valence-corrected chi connectivity index (χ3v) is 12.1. The first kappa shape index (κ1) is 26.1. The topological polar surface area (TPSA) is 116 Å². The monoisotopic (exact) mass is 528 g/mol. The van der Waals surface area contributed by atoms with E-state index in [4.69, 9.17) is 18.6 Å². The third-order valence-electron chi connectivity index (χ3n) is 12.1. The van der Waals surface area contributed by atoms with E-state index in [-0.39, 0.29) is 35.5 Å². The second kappa shape index (κ2) is 7.72. The van der Waals surface area contributed by atoms with Crippen LogP contribution in [0.4, 0.5) is 0 Å². The van der Waals surface area contributed by atoms with Crippen molar-refractivity contribution in [2.75, 3.05) is 0 Å². The Balaban J connectivity index is 1.54. The lowest BCUT2D eigenvalue weighted by molar-refractivity contribution is -0.288. The number of epoxide rings is 1. The molecule has 8 nitrogen and oxygen atoms in total. The number of ketones is 1. The minimum atomic E-state index is -0.822. The molecule has 1 aromatic heterocycles. The number of rotatable bonds is 3.